The zero-order valence-electron chi connectivity index (χ0n) is 13.8. The minimum atomic E-state index is -0.244. The number of hydrogen-bond donors (Lipinski definition) is 1. The molecule has 0 saturated heterocycles. The van der Waals surface area contributed by atoms with Crippen LogP contribution in [0.2, 0.25) is 0 Å². The van der Waals surface area contributed by atoms with Crippen molar-refractivity contribution in [3.63, 3.8) is 0 Å². The lowest BCUT2D eigenvalue weighted by Crippen LogP contribution is -2.18. The smallest absolute Gasteiger partial charge is 0.276 e. The Morgan fingerprint density at radius 2 is 1.84 bits per heavy atom. The summed E-state index contributed by atoms with van der Waals surface area (Å²) >= 11 is 0. The van der Waals surface area contributed by atoms with Gasteiger partial charge in [0, 0.05) is 12.2 Å². The second-order valence-electron chi connectivity index (χ2n) is 5.61. The molecule has 0 unspecified atom stereocenters. The first-order chi connectivity index (χ1) is 12.3. The second-order valence-corrected chi connectivity index (χ2v) is 5.61. The van der Waals surface area contributed by atoms with Crippen LogP contribution in [0.1, 0.15) is 17.4 Å². The van der Waals surface area contributed by atoms with Gasteiger partial charge in [0.25, 0.3) is 5.91 Å². The minimum Gasteiger partial charge on any atom is -0.310 e. The van der Waals surface area contributed by atoms with Crippen molar-refractivity contribution in [2.24, 2.45) is 0 Å². The Balaban J connectivity index is 1.69. The van der Waals surface area contributed by atoms with Gasteiger partial charge in [0.2, 0.25) is 5.95 Å². The Morgan fingerprint density at radius 3 is 2.64 bits per heavy atom. The van der Waals surface area contributed by atoms with Gasteiger partial charge in [-0.2, -0.15) is 0 Å². The summed E-state index contributed by atoms with van der Waals surface area (Å²) in [5.41, 5.74) is 3.20. The van der Waals surface area contributed by atoms with Crippen LogP contribution in [0, 0.1) is 0 Å². The Bertz CT molecular complexity index is 1030. The molecule has 0 atom stereocenters. The highest BCUT2D eigenvalue weighted by molar-refractivity contribution is 6.03. The SMILES string of the molecule is CCn1c(NC(=O)c2cncn2-c2ccccc2)nc2ccccc21. The number of aryl methyl sites for hydroxylation is 1. The van der Waals surface area contributed by atoms with Crippen LogP contribution in [0.4, 0.5) is 5.95 Å². The molecule has 1 amide bonds. The lowest BCUT2D eigenvalue weighted by atomic mass is 10.3. The predicted molar refractivity (Wildman–Crippen MR) is 96.9 cm³/mol. The molecule has 6 nitrogen and oxygen atoms in total. The predicted octanol–water partition coefficient (Wildman–Crippen LogP) is 3.49. The molecule has 0 bridgehead atoms. The number of para-hydroxylation sites is 3. The third-order valence-electron chi connectivity index (χ3n) is 4.10. The van der Waals surface area contributed by atoms with Crippen LogP contribution in [0.3, 0.4) is 0 Å². The summed E-state index contributed by atoms with van der Waals surface area (Å²) in [5.74, 6) is 0.292. The van der Waals surface area contributed by atoms with Gasteiger partial charge in [0.05, 0.1) is 23.6 Å². The average Bonchev–Trinajstić information content (AvgIpc) is 3.26. The minimum absolute atomic E-state index is 0.244. The van der Waals surface area contributed by atoms with E-state index in [-0.39, 0.29) is 5.91 Å². The molecule has 6 heteroatoms. The van der Waals surface area contributed by atoms with E-state index in [1.807, 2.05) is 66.1 Å². The number of carbonyl (C=O) groups excluding carboxylic acids is 1. The van der Waals surface area contributed by atoms with Crippen LogP contribution < -0.4 is 5.32 Å². The molecule has 0 aliphatic rings. The summed E-state index contributed by atoms with van der Waals surface area (Å²) in [4.78, 5) is 21.4. The Hall–Kier alpha value is -3.41. The molecule has 0 spiro atoms. The third kappa shape index (κ3) is 2.67. The third-order valence-corrected chi connectivity index (χ3v) is 4.10. The first-order valence-corrected chi connectivity index (χ1v) is 8.12. The van der Waals surface area contributed by atoms with Crippen LogP contribution in [0.15, 0.2) is 67.1 Å². The summed E-state index contributed by atoms with van der Waals surface area (Å²) in [6, 6.07) is 17.5. The summed E-state index contributed by atoms with van der Waals surface area (Å²) < 4.78 is 3.74. The Morgan fingerprint density at radius 1 is 1.08 bits per heavy atom. The molecular weight excluding hydrogens is 314 g/mol. The van der Waals surface area contributed by atoms with Gasteiger partial charge in [-0.05, 0) is 31.2 Å². The van der Waals surface area contributed by atoms with Gasteiger partial charge in [-0.25, -0.2) is 9.97 Å². The van der Waals surface area contributed by atoms with Crippen LogP contribution in [0.25, 0.3) is 16.7 Å². The van der Waals surface area contributed by atoms with Gasteiger partial charge < -0.3 is 4.57 Å². The van der Waals surface area contributed by atoms with Crippen LogP contribution in [-0.4, -0.2) is 25.0 Å². The van der Waals surface area contributed by atoms with E-state index in [2.05, 4.69) is 15.3 Å². The number of fused-ring (bicyclic) bond motifs is 1. The maximum Gasteiger partial charge on any atom is 0.276 e. The van der Waals surface area contributed by atoms with Crippen molar-refractivity contribution in [1.82, 2.24) is 19.1 Å². The number of carbonyl (C=O) groups is 1. The molecule has 1 N–H and O–H groups in total. The zero-order valence-corrected chi connectivity index (χ0v) is 13.8. The molecule has 2 heterocycles. The number of rotatable bonds is 4. The number of nitrogens with zero attached hydrogens (tertiary/aromatic N) is 4. The van der Waals surface area contributed by atoms with Crippen molar-refractivity contribution >= 4 is 22.9 Å². The number of nitrogens with one attached hydrogen (secondary N) is 1. The monoisotopic (exact) mass is 331 g/mol. The van der Waals surface area contributed by atoms with Gasteiger partial charge in [-0.1, -0.05) is 30.3 Å². The number of hydrogen-bond acceptors (Lipinski definition) is 3. The van der Waals surface area contributed by atoms with Crippen LogP contribution in [-0.2, 0) is 6.54 Å². The van der Waals surface area contributed by atoms with Gasteiger partial charge in [-0.15, -0.1) is 0 Å². The van der Waals surface area contributed by atoms with E-state index in [9.17, 15) is 4.79 Å². The van der Waals surface area contributed by atoms with E-state index in [0.717, 1.165) is 16.7 Å². The fourth-order valence-corrected chi connectivity index (χ4v) is 2.91. The van der Waals surface area contributed by atoms with Gasteiger partial charge >= 0.3 is 0 Å². The van der Waals surface area contributed by atoms with E-state index >= 15 is 0 Å². The quantitative estimate of drug-likeness (QED) is 0.622. The van der Waals surface area contributed by atoms with Gasteiger partial charge in [0.15, 0.2) is 0 Å². The van der Waals surface area contributed by atoms with E-state index in [1.54, 1.807) is 17.1 Å². The van der Waals surface area contributed by atoms with Gasteiger partial charge in [0.1, 0.15) is 5.69 Å². The summed E-state index contributed by atoms with van der Waals surface area (Å²) in [6.07, 6.45) is 3.19. The highest BCUT2D eigenvalue weighted by Gasteiger charge is 2.17. The van der Waals surface area contributed by atoms with Crippen molar-refractivity contribution in [2.75, 3.05) is 5.32 Å². The number of imidazole rings is 2. The molecule has 2 aromatic carbocycles. The maximum absolute atomic E-state index is 12.8. The molecule has 124 valence electrons. The standard InChI is InChI=1S/C19H17N5O/c1-2-23-16-11-7-6-10-15(16)21-19(23)22-18(25)17-12-20-13-24(17)14-8-4-3-5-9-14/h3-13H,2H2,1H3,(H,21,22,25). The topological polar surface area (TPSA) is 64.7 Å². The van der Waals surface area contributed by atoms with Crippen molar-refractivity contribution in [1.29, 1.82) is 0 Å². The largest absolute Gasteiger partial charge is 0.310 e. The average molecular weight is 331 g/mol. The van der Waals surface area contributed by atoms with Crippen molar-refractivity contribution in [3.8, 4) is 5.69 Å². The molecule has 0 aliphatic carbocycles. The maximum atomic E-state index is 12.8. The van der Waals surface area contributed by atoms with Crippen molar-refractivity contribution in [2.45, 2.75) is 13.5 Å². The fourth-order valence-electron chi connectivity index (χ4n) is 2.91. The van der Waals surface area contributed by atoms with Crippen molar-refractivity contribution in [3.05, 3.63) is 72.8 Å². The normalized spacial score (nSPS) is 10.9. The van der Waals surface area contributed by atoms with E-state index < -0.39 is 0 Å². The number of amides is 1. The highest BCUT2D eigenvalue weighted by Crippen LogP contribution is 2.20. The lowest BCUT2D eigenvalue weighted by Gasteiger charge is -2.10. The molecule has 4 aromatic rings. The molecule has 0 fully saturated rings. The lowest BCUT2D eigenvalue weighted by molar-refractivity contribution is 0.101. The second kappa shape index (κ2) is 6.24. The summed E-state index contributed by atoms with van der Waals surface area (Å²) in [6.45, 7) is 2.74. The molecular formula is C19H17N5O. The Labute approximate surface area is 144 Å². The molecule has 0 aliphatic heterocycles. The van der Waals surface area contributed by atoms with E-state index in [1.165, 1.54) is 0 Å². The number of anilines is 1. The molecule has 25 heavy (non-hydrogen) atoms. The van der Waals surface area contributed by atoms with Gasteiger partial charge in [-0.3, -0.25) is 14.7 Å². The summed E-state index contributed by atoms with van der Waals surface area (Å²) in [5, 5.41) is 2.92. The Kier molecular flexibility index (Phi) is 3.78. The van der Waals surface area contributed by atoms with E-state index in [0.29, 0.717) is 18.2 Å². The first-order valence-electron chi connectivity index (χ1n) is 8.12. The molecule has 0 saturated carbocycles. The van der Waals surface area contributed by atoms with Crippen LogP contribution >= 0.6 is 0 Å². The van der Waals surface area contributed by atoms with Crippen molar-refractivity contribution < 1.29 is 4.79 Å². The first kappa shape index (κ1) is 15.1. The number of benzene rings is 2. The van der Waals surface area contributed by atoms with E-state index in [4.69, 9.17) is 0 Å². The molecule has 0 radical (unpaired) electrons. The van der Waals surface area contributed by atoms with Crippen LogP contribution in [0.5, 0.6) is 0 Å². The molecule has 4 rings (SSSR count). The zero-order chi connectivity index (χ0) is 17.2. The molecule has 2 aromatic heterocycles. The summed E-state index contributed by atoms with van der Waals surface area (Å²) in [7, 11) is 0. The highest BCUT2D eigenvalue weighted by atomic mass is 16.2. The fraction of sp³-hybridized carbons (Fsp3) is 0.105. The number of aromatic nitrogens is 4.